The lowest BCUT2D eigenvalue weighted by molar-refractivity contribution is -0.137. The van der Waals surface area contributed by atoms with Gasteiger partial charge in [-0.2, -0.15) is 18.3 Å². The molecule has 0 fully saturated rings. The smallest absolute Gasteiger partial charge is 0.416 e. The first-order valence-electron chi connectivity index (χ1n) is 10.2. The van der Waals surface area contributed by atoms with Gasteiger partial charge < -0.3 is 9.73 Å². The maximum atomic E-state index is 13.3. The number of hydrogen-bond donors (Lipinski definition) is 2. The van der Waals surface area contributed by atoms with Crippen LogP contribution in [0.25, 0.3) is 34.0 Å². The molecule has 5 rings (SSSR count). The Labute approximate surface area is 195 Å². The number of hydrogen-bond acceptors (Lipinski definition) is 6. The summed E-state index contributed by atoms with van der Waals surface area (Å²) >= 11 is 0. The topological polar surface area (TPSA) is 110 Å². The summed E-state index contributed by atoms with van der Waals surface area (Å²) < 4.78 is 45.1. The van der Waals surface area contributed by atoms with Crippen molar-refractivity contribution in [2.75, 3.05) is 5.32 Å². The van der Waals surface area contributed by atoms with Crippen LogP contribution in [0.1, 0.15) is 16.1 Å². The van der Waals surface area contributed by atoms with E-state index in [2.05, 4.69) is 30.5 Å². The normalized spacial score (nSPS) is 11.4. The molecule has 0 aliphatic carbocycles. The zero-order valence-corrected chi connectivity index (χ0v) is 17.7. The molecule has 0 aliphatic rings. The summed E-state index contributed by atoms with van der Waals surface area (Å²) in [5, 5.41) is 9.32. The Kier molecular flexibility index (Phi) is 5.57. The Morgan fingerprint density at radius 3 is 2.57 bits per heavy atom. The molecule has 0 atom stereocenters. The van der Waals surface area contributed by atoms with Gasteiger partial charge in [0.25, 0.3) is 5.91 Å². The van der Waals surface area contributed by atoms with Crippen molar-refractivity contribution in [1.29, 1.82) is 0 Å². The molecule has 8 nitrogen and oxygen atoms in total. The number of nitrogens with one attached hydrogen (secondary N) is 2. The molecule has 174 valence electrons. The second kappa shape index (κ2) is 8.86. The predicted molar refractivity (Wildman–Crippen MR) is 120 cm³/mol. The van der Waals surface area contributed by atoms with E-state index in [0.29, 0.717) is 17.0 Å². The van der Waals surface area contributed by atoms with Gasteiger partial charge in [0.1, 0.15) is 11.4 Å². The van der Waals surface area contributed by atoms with E-state index in [1.54, 1.807) is 30.5 Å². The second-order valence-electron chi connectivity index (χ2n) is 7.37. The fourth-order valence-electron chi connectivity index (χ4n) is 3.38. The molecular formula is C24H15F3N6O2. The van der Waals surface area contributed by atoms with Crippen LogP contribution in [-0.4, -0.2) is 31.1 Å². The molecule has 0 spiro atoms. The van der Waals surface area contributed by atoms with E-state index in [4.69, 9.17) is 4.42 Å². The van der Waals surface area contributed by atoms with E-state index < -0.39 is 17.6 Å². The number of benzene rings is 1. The van der Waals surface area contributed by atoms with Crippen molar-refractivity contribution in [3.63, 3.8) is 0 Å². The molecule has 4 heterocycles. The number of carbonyl (C=O) groups is 1. The molecule has 1 aromatic carbocycles. The van der Waals surface area contributed by atoms with E-state index >= 15 is 0 Å². The van der Waals surface area contributed by atoms with Crippen molar-refractivity contribution in [3.8, 4) is 34.0 Å². The van der Waals surface area contributed by atoms with Crippen LogP contribution in [0, 0.1) is 0 Å². The number of rotatable bonds is 5. The molecule has 5 aromatic rings. The quantitative estimate of drug-likeness (QED) is 0.349. The number of alkyl halides is 3. The molecule has 0 saturated carbocycles. The molecule has 11 heteroatoms. The van der Waals surface area contributed by atoms with Crippen molar-refractivity contribution in [2.24, 2.45) is 0 Å². The maximum Gasteiger partial charge on any atom is 0.416 e. The van der Waals surface area contributed by atoms with Crippen LogP contribution in [0.3, 0.4) is 0 Å². The zero-order valence-electron chi connectivity index (χ0n) is 17.7. The Bertz CT molecular complexity index is 1480. The minimum atomic E-state index is -4.51. The highest BCUT2D eigenvalue weighted by atomic mass is 19.4. The molecule has 0 aliphatic heterocycles. The fraction of sp³-hybridized carbons (Fsp3) is 0.0417. The number of aromatic nitrogens is 5. The SMILES string of the molecule is O=C(Nc1cnc(-c2cccc(C(F)(F)F)c2)c(-c2cccnc2)n1)c1cc(-c2ccco2)[nH]n1. The van der Waals surface area contributed by atoms with Gasteiger partial charge in [-0.05, 0) is 36.4 Å². The minimum Gasteiger partial charge on any atom is -0.463 e. The molecule has 1 amide bonds. The molecular weight excluding hydrogens is 461 g/mol. The Balaban J connectivity index is 1.49. The summed E-state index contributed by atoms with van der Waals surface area (Å²) in [4.78, 5) is 25.6. The summed E-state index contributed by atoms with van der Waals surface area (Å²) in [6, 6.07) is 13.1. The first-order chi connectivity index (χ1) is 16.9. The summed E-state index contributed by atoms with van der Waals surface area (Å²) in [6.07, 6.45) is 1.32. The highest BCUT2D eigenvalue weighted by molar-refractivity contribution is 6.03. The van der Waals surface area contributed by atoms with E-state index in [0.717, 1.165) is 12.1 Å². The van der Waals surface area contributed by atoms with Gasteiger partial charge in [0, 0.05) is 29.6 Å². The molecule has 0 unspecified atom stereocenters. The summed E-state index contributed by atoms with van der Waals surface area (Å²) in [6.45, 7) is 0. The number of halogens is 3. The standard InChI is InChI=1S/C24H15F3N6O2/c25-24(26,27)16-6-1-4-14(10-16)21-22(15-5-2-8-28-12-15)30-20(13-29-21)31-23(34)18-11-17(32-33-18)19-7-3-9-35-19/h1-13H,(H,32,33)(H,30,31,34). The van der Waals surface area contributed by atoms with Crippen LogP contribution in [0.4, 0.5) is 19.0 Å². The number of furan rings is 1. The highest BCUT2D eigenvalue weighted by Gasteiger charge is 2.31. The van der Waals surface area contributed by atoms with Gasteiger partial charge in [-0.1, -0.05) is 12.1 Å². The lowest BCUT2D eigenvalue weighted by atomic mass is 10.0. The van der Waals surface area contributed by atoms with Crippen molar-refractivity contribution < 1.29 is 22.4 Å². The van der Waals surface area contributed by atoms with Crippen molar-refractivity contribution in [3.05, 3.63) is 90.7 Å². The van der Waals surface area contributed by atoms with Gasteiger partial charge in [0.05, 0.1) is 23.7 Å². The number of amides is 1. The van der Waals surface area contributed by atoms with Gasteiger partial charge in [-0.3, -0.25) is 19.9 Å². The number of aromatic amines is 1. The largest absolute Gasteiger partial charge is 0.463 e. The number of nitrogens with zero attached hydrogens (tertiary/aromatic N) is 4. The number of H-pyrrole nitrogens is 1. The lowest BCUT2D eigenvalue weighted by Crippen LogP contribution is -2.14. The van der Waals surface area contributed by atoms with Gasteiger partial charge in [0.15, 0.2) is 17.3 Å². The molecule has 4 aromatic heterocycles. The average molecular weight is 476 g/mol. The zero-order chi connectivity index (χ0) is 24.4. The Morgan fingerprint density at radius 2 is 1.83 bits per heavy atom. The van der Waals surface area contributed by atoms with Crippen LogP contribution in [0.2, 0.25) is 0 Å². The number of anilines is 1. The van der Waals surface area contributed by atoms with Gasteiger partial charge in [-0.25, -0.2) is 4.98 Å². The van der Waals surface area contributed by atoms with Gasteiger partial charge in [-0.15, -0.1) is 0 Å². The van der Waals surface area contributed by atoms with E-state index in [1.165, 1.54) is 36.9 Å². The van der Waals surface area contributed by atoms with E-state index in [-0.39, 0.29) is 28.5 Å². The third-order valence-electron chi connectivity index (χ3n) is 5.01. The fourth-order valence-corrected chi connectivity index (χ4v) is 3.38. The van der Waals surface area contributed by atoms with Gasteiger partial charge >= 0.3 is 6.18 Å². The molecule has 2 N–H and O–H groups in total. The summed E-state index contributed by atoms with van der Waals surface area (Å²) in [5.74, 6) is 0.0464. The molecule has 35 heavy (non-hydrogen) atoms. The summed E-state index contributed by atoms with van der Waals surface area (Å²) in [5.41, 5.74) is 1.00. The van der Waals surface area contributed by atoms with E-state index in [1.807, 2.05) is 0 Å². The molecule has 0 radical (unpaired) electrons. The van der Waals surface area contributed by atoms with Crippen LogP contribution in [0.15, 0.2) is 83.9 Å². The minimum absolute atomic E-state index is 0.0862. The first kappa shape index (κ1) is 22.0. The van der Waals surface area contributed by atoms with Crippen molar-refractivity contribution >= 4 is 11.7 Å². The molecule has 0 saturated heterocycles. The Hall–Kier alpha value is -4.80. The Morgan fingerprint density at radius 1 is 0.971 bits per heavy atom. The van der Waals surface area contributed by atoms with Gasteiger partial charge in [0.2, 0.25) is 0 Å². The van der Waals surface area contributed by atoms with E-state index in [9.17, 15) is 18.0 Å². The van der Waals surface area contributed by atoms with Crippen LogP contribution < -0.4 is 5.32 Å². The lowest BCUT2D eigenvalue weighted by Gasteiger charge is -2.12. The number of carbonyl (C=O) groups excluding carboxylic acids is 1. The highest BCUT2D eigenvalue weighted by Crippen LogP contribution is 2.34. The third kappa shape index (κ3) is 4.64. The maximum absolute atomic E-state index is 13.3. The van der Waals surface area contributed by atoms with Crippen molar-refractivity contribution in [2.45, 2.75) is 6.18 Å². The average Bonchev–Trinajstić information content (AvgIpc) is 3.57. The van der Waals surface area contributed by atoms with Crippen LogP contribution in [-0.2, 0) is 6.18 Å². The summed E-state index contributed by atoms with van der Waals surface area (Å²) in [7, 11) is 0. The van der Waals surface area contributed by atoms with Crippen LogP contribution in [0.5, 0.6) is 0 Å². The number of pyridine rings is 1. The second-order valence-corrected chi connectivity index (χ2v) is 7.37. The first-order valence-corrected chi connectivity index (χ1v) is 10.2. The van der Waals surface area contributed by atoms with Crippen molar-refractivity contribution in [1.82, 2.24) is 25.1 Å². The molecule has 0 bridgehead atoms. The monoisotopic (exact) mass is 476 g/mol. The predicted octanol–water partition coefficient (Wildman–Crippen LogP) is 5.46. The third-order valence-corrected chi connectivity index (χ3v) is 5.01. The van der Waals surface area contributed by atoms with Crippen LogP contribution >= 0.6 is 0 Å².